The van der Waals surface area contributed by atoms with E-state index >= 15 is 0 Å². The monoisotopic (exact) mass is 281 g/mol. The number of esters is 1. The Morgan fingerprint density at radius 2 is 2.26 bits per heavy atom. The van der Waals surface area contributed by atoms with Crippen LogP contribution in [0.15, 0.2) is 35.5 Å². The SMILES string of the molecule is COC(=O)c1ncn(CCSc2ccccc2F)n1. The third kappa shape index (κ3) is 3.54. The minimum atomic E-state index is -0.569. The minimum Gasteiger partial charge on any atom is -0.463 e. The largest absolute Gasteiger partial charge is 0.463 e. The van der Waals surface area contributed by atoms with Gasteiger partial charge in [-0.25, -0.2) is 14.2 Å². The van der Waals surface area contributed by atoms with E-state index in [0.29, 0.717) is 17.2 Å². The zero-order valence-corrected chi connectivity index (χ0v) is 11.1. The van der Waals surface area contributed by atoms with Crippen LogP contribution in [0.1, 0.15) is 10.6 Å². The molecule has 0 fully saturated rings. The molecule has 2 aromatic rings. The van der Waals surface area contributed by atoms with Gasteiger partial charge >= 0.3 is 5.97 Å². The molecule has 7 heteroatoms. The first-order chi connectivity index (χ1) is 9.20. The fourth-order valence-electron chi connectivity index (χ4n) is 1.40. The predicted octanol–water partition coefficient (Wildman–Crippen LogP) is 2.00. The van der Waals surface area contributed by atoms with Crippen molar-refractivity contribution in [3.05, 3.63) is 42.2 Å². The first-order valence-corrected chi connectivity index (χ1v) is 6.54. The van der Waals surface area contributed by atoms with Gasteiger partial charge < -0.3 is 4.74 Å². The number of hydrogen-bond donors (Lipinski definition) is 0. The maximum atomic E-state index is 13.4. The van der Waals surface area contributed by atoms with E-state index in [4.69, 9.17) is 0 Å². The second kappa shape index (κ2) is 6.33. The summed E-state index contributed by atoms with van der Waals surface area (Å²) in [5, 5.41) is 3.96. The molecule has 0 aliphatic carbocycles. The molecule has 0 bridgehead atoms. The standard InChI is InChI=1S/C12H12FN3O2S/c1-18-12(17)11-14-8-16(15-11)6-7-19-10-5-3-2-4-9(10)13/h2-5,8H,6-7H2,1H3. The van der Waals surface area contributed by atoms with E-state index in [9.17, 15) is 9.18 Å². The van der Waals surface area contributed by atoms with E-state index in [1.807, 2.05) is 0 Å². The molecule has 0 aliphatic rings. The Bertz CT molecular complexity index is 574. The maximum Gasteiger partial charge on any atom is 0.377 e. The average molecular weight is 281 g/mol. The number of hydrogen-bond acceptors (Lipinski definition) is 5. The molecule has 0 unspecified atom stereocenters. The summed E-state index contributed by atoms with van der Waals surface area (Å²) in [5.41, 5.74) is 0. The van der Waals surface area contributed by atoms with Crippen molar-refractivity contribution in [3.8, 4) is 0 Å². The molecular weight excluding hydrogens is 269 g/mol. The number of halogens is 1. The van der Waals surface area contributed by atoms with E-state index in [-0.39, 0.29) is 11.6 Å². The van der Waals surface area contributed by atoms with Crippen LogP contribution in [0.25, 0.3) is 0 Å². The zero-order valence-electron chi connectivity index (χ0n) is 10.2. The Hall–Kier alpha value is -1.89. The van der Waals surface area contributed by atoms with Gasteiger partial charge in [-0.1, -0.05) is 12.1 Å². The number of ether oxygens (including phenoxy) is 1. The highest BCUT2D eigenvalue weighted by Gasteiger charge is 2.11. The van der Waals surface area contributed by atoms with Crippen molar-refractivity contribution >= 4 is 17.7 Å². The van der Waals surface area contributed by atoms with E-state index in [1.165, 1.54) is 35.9 Å². The van der Waals surface area contributed by atoms with Crippen LogP contribution in [-0.4, -0.2) is 33.6 Å². The van der Waals surface area contributed by atoms with Crippen LogP contribution in [0.5, 0.6) is 0 Å². The quantitative estimate of drug-likeness (QED) is 0.619. The molecule has 19 heavy (non-hydrogen) atoms. The smallest absolute Gasteiger partial charge is 0.377 e. The summed E-state index contributed by atoms with van der Waals surface area (Å²) >= 11 is 1.39. The number of aryl methyl sites for hydroxylation is 1. The van der Waals surface area contributed by atoms with Gasteiger partial charge in [0, 0.05) is 10.6 Å². The van der Waals surface area contributed by atoms with Crippen molar-refractivity contribution in [2.75, 3.05) is 12.9 Å². The molecule has 0 atom stereocenters. The highest BCUT2D eigenvalue weighted by molar-refractivity contribution is 7.99. The molecule has 1 aromatic heterocycles. The molecule has 1 aromatic carbocycles. The number of thioether (sulfide) groups is 1. The third-order valence-electron chi connectivity index (χ3n) is 2.32. The molecule has 1 heterocycles. The van der Waals surface area contributed by atoms with E-state index in [1.54, 1.807) is 18.2 Å². The molecule has 0 radical (unpaired) electrons. The van der Waals surface area contributed by atoms with Gasteiger partial charge in [0.05, 0.1) is 13.7 Å². The summed E-state index contributed by atoms with van der Waals surface area (Å²) < 4.78 is 19.4. The summed E-state index contributed by atoms with van der Waals surface area (Å²) in [4.78, 5) is 15.6. The van der Waals surface area contributed by atoms with Crippen LogP contribution in [0.3, 0.4) is 0 Å². The van der Waals surface area contributed by atoms with E-state index < -0.39 is 5.97 Å². The van der Waals surface area contributed by atoms with Gasteiger partial charge in [-0.2, -0.15) is 0 Å². The van der Waals surface area contributed by atoms with E-state index in [0.717, 1.165) is 0 Å². The molecule has 0 N–H and O–H groups in total. The van der Waals surface area contributed by atoms with Gasteiger partial charge in [0.25, 0.3) is 5.82 Å². The summed E-state index contributed by atoms with van der Waals surface area (Å²) in [6.45, 7) is 0.531. The normalized spacial score (nSPS) is 10.4. The summed E-state index contributed by atoms with van der Waals surface area (Å²) in [6, 6.07) is 6.59. The Kier molecular flexibility index (Phi) is 4.51. The van der Waals surface area contributed by atoms with Gasteiger partial charge in [-0.3, -0.25) is 4.68 Å². The molecule has 0 spiro atoms. The molecule has 100 valence electrons. The Balaban J connectivity index is 1.88. The van der Waals surface area contributed by atoms with Crippen molar-refractivity contribution in [3.63, 3.8) is 0 Å². The lowest BCUT2D eigenvalue weighted by atomic mass is 10.3. The van der Waals surface area contributed by atoms with Gasteiger partial charge in [0.15, 0.2) is 0 Å². The van der Waals surface area contributed by atoms with Crippen LogP contribution in [0.4, 0.5) is 4.39 Å². The number of aromatic nitrogens is 3. The first kappa shape index (κ1) is 13.5. The molecule has 0 saturated carbocycles. The van der Waals surface area contributed by atoms with Gasteiger partial charge in [0.2, 0.25) is 0 Å². The second-order valence-corrected chi connectivity index (χ2v) is 4.74. The number of carbonyl (C=O) groups excluding carboxylic acids is 1. The lowest BCUT2D eigenvalue weighted by Gasteiger charge is -2.02. The lowest BCUT2D eigenvalue weighted by Crippen LogP contribution is -2.06. The predicted molar refractivity (Wildman–Crippen MR) is 68.5 cm³/mol. The fraction of sp³-hybridized carbons (Fsp3) is 0.250. The van der Waals surface area contributed by atoms with Crippen LogP contribution >= 0.6 is 11.8 Å². The van der Waals surface area contributed by atoms with E-state index in [2.05, 4.69) is 14.8 Å². The second-order valence-electron chi connectivity index (χ2n) is 3.60. The molecular formula is C12H12FN3O2S. The maximum absolute atomic E-state index is 13.4. The fourth-order valence-corrected chi connectivity index (χ4v) is 2.28. The molecule has 5 nitrogen and oxygen atoms in total. The number of methoxy groups -OCH3 is 1. The first-order valence-electron chi connectivity index (χ1n) is 5.56. The Labute approximate surface area is 113 Å². The highest BCUT2D eigenvalue weighted by Crippen LogP contribution is 2.20. The van der Waals surface area contributed by atoms with Crippen molar-refractivity contribution in [1.82, 2.24) is 14.8 Å². The molecule has 0 saturated heterocycles. The van der Waals surface area contributed by atoms with Gasteiger partial charge in [-0.05, 0) is 12.1 Å². The summed E-state index contributed by atoms with van der Waals surface area (Å²) in [7, 11) is 1.27. The molecule has 2 rings (SSSR count). The average Bonchev–Trinajstić information content (AvgIpc) is 2.89. The Morgan fingerprint density at radius 1 is 1.47 bits per heavy atom. The van der Waals surface area contributed by atoms with Crippen LogP contribution < -0.4 is 0 Å². The number of carbonyl (C=O) groups is 1. The molecule has 0 aliphatic heterocycles. The summed E-state index contributed by atoms with van der Waals surface area (Å²) in [6.07, 6.45) is 1.45. The van der Waals surface area contributed by atoms with Crippen molar-refractivity contribution in [2.24, 2.45) is 0 Å². The highest BCUT2D eigenvalue weighted by atomic mass is 32.2. The molecule has 0 amide bonds. The van der Waals surface area contributed by atoms with Gasteiger partial charge in [-0.15, -0.1) is 16.9 Å². The van der Waals surface area contributed by atoms with Crippen LogP contribution in [0, 0.1) is 5.82 Å². The number of nitrogens with zero attached hydrogens (tertiary/aromatic N) is 3. The van der Waals surface area contributed by atoms with Crippen molar-refractivity contribution < 1.29 is 13.9 Å². The van der Waals surface area contributed by atoms with Crippen molar-refractivity contribution in [1.29, 1.82) is 0 Å². The third-order valence-corrected chi connectivity index (χ3v) is 3.35. The van der Waals surface area contributed by atoms with Crippen LogP contribution in [-0.2, 0) is 11.3 Å². The summed E-state index contributed by atoms with van der Waals surface area (Å²) in [5.74, 6) is -0.148. The topological polar surface area (TPSA) is 57.0 Å². The van der Waals surface area contributed by atoms with Crippen molar-refractivity contribution in [2.45, 2.75) is 11.4 Å². The van der Waals surface area contributed by atoms with Crippen LogP contribution in [0.2, 0.25) is 0 Å². The minimum absolute atomic E-state index is 0.0263. The lowest BCUT2D eigenvalue weighted by molar-refractivity contribution is 0.0586. The number of benzene rings is 1. The number of rotatable bonds is 5. The van der Waals surface area contributed by atoms with Gasteiger partial charge in [0.1, 0.15) is 12.1 Å². The zero-order chi connectivity index (χ0) is 13.7. The Morgan fingerprint density at radius 3 is 3.00 bits per heavy atom.